The molecule has 0 aromatic heterocycles. The molecule has 1 saturated heterocycles. The van der Waals surface area contributed by atoms with Gasteiger partial charge >= 0.3 is 6.09 Å². The Morgan fingerprint density at radius 2 is 1.96 bits per heavy atom. The molecule has 2 aliphatic heterocycles. The summed E-state index contributed by atoms with van der Waals surface area (Å²) < 4.78 is 4.51. The Morgan fingerprint density at radius 3 is 2.62 bits per heavy atom. The van der Waals surface area contributed by atoms with E-state index in [9.17, 15) is 14.4 Å². The zero-order chi connectivity index (χ0) is 17.3. The quantitative estimate of drug-likeness (QED) is 0.853. The molecule has 1 aromatic rings. The second kappa shape index (κ2) is 6.14. The number of anilines is 1. The maximum absolute atomic E-state index is 12.5. The second-order valence-electron chi connectivity index (χ2n) is 6.26. The molecule has 1 atom stereocenters. The molecule has 2 aliphatic rings. The topological polar surface area (TPSA) is 87.7 Å². The van der Waals surface area contributed by atoms with Crippen molar-refractivity contribution in [1.82, 2.24) is 10.2 Å². The fourth-order valence-electron chi connectivity index (χ4n) is 3.55. The highest BCUT2D eigenvalue weighted by Crippen LogP contribution is 2.44. The van der Waals surface area contributed by atoms with Crippen LogP contribution < -0.4 is 10.6 Å². The van der Waals surface area contributed by atoms with E-state index in [0.29, 0.717) is 25.9 Å². The van der Waals surface area contributed by atoms with Gasteiger partial charge in [0.15, 0.2) is 0 Å². The lowest BCUT2D eigenvalue weighted by molar-refractivity contribution is -0.136. The molecule has 2 N–H and O–H groups in total. The normalized spacial score (nSPS) is 19.4. The highest BCUT2D eigenvalue weighted by atomic mass is 16.5. The Kier molecular flexibility index (Phi) is 4.17. The highest BCUT2D eigenvalue weighted by molar-refractivity contribution is 6.06. The van der Waals surface area contributed by atoms with Crippen LogP contribution in [0.2, 0.25) is 0 Å². The minimum absolute atomic E-state index is 0.0107. The molecular formula is C17H21N3O4. The first-order chi connectivity index (χ1) is 11.5. The first kappa shape index (κ1) is 16.3. The number of piperidine rings is 1. The Labute approximate surface area is 140 Å². The van der Waals surface area contributed by atoms with Crippen molar-refractivity contribution in [3.8, 4) is 0 Å². The Hall–Kier alpha value is -2.57. The number of carbonyl (C=O) groups is 3. The number of nitrogens with one attached hydrogen (secondary N) is 2. The molecule has 0 unspecified atom stereocenters. The summed E-state index contributed by atoms with van der Waals surface area (Å²) in [4.78, 5) is 37.9. The molecule has 0 saturated carbocycles. The number of likely N-dealkylation sites (tertiary alicyclic amines) is 1. The SMILES string of the molecule is COC(=O)N[C@@H](C)C(=O)N1CCC2(CC1)C(=O)Nc1ccccc12. The van der Waals surface area contributed by atoms with Crippen molar-refractivity contribution in [3.05, 3.63) is 29.8 Å². The number of carbonyl (C=O) groups excluding carboxylic acids is 3. The van der Waals surface area contributed by atoms with Gasteiger partial charge in [-0.3, -0.25) is 9.59 Å². The van der Waals surface area contributed by atoms with E-state index in [1.165, 1.54) is 7.11 Å². The van der Waals surface area contributed by atoms with Crippen molar-refractivity contribution < 1.29 is 19.1 Å². The van der Waals surface area contributed by atoms with Gasteiger partial charge in [-0.05, 0) is 31.4 Å². The Balaban J connectivity index is 1.69. The summed E-state index contributed by atoms with van der Waals surface area (Å²) in [5.74, 6) is -0.154. The van der Waals surface area contributed by atoms with Crippen molar-refractivity contribution in [3.63, 3.8) is 0 Å². The van der Waals surface area contributed by atoms with Crippen molar-refractivity contribution in [1.29, 1.82) is 0 Å². The van der Waals surface area contributed by atoms with Crippen LogP contribution in [0.15, 0.2) is 24.3 Å². The van der Waals surface area contributed by atoms with Gasteiger partial charge in [0, 0.05) is 18.8 Å². The summed E-state index contributed by atoms with van der Waals surface area (Å²) in [5, 5.41) is 5.42. The van der Waals surface area contributed by atoms with Crippen molar-refractivity contribution in [2.75, 3.05) is 25.5 Å². The number of hydrogen-bond donors (Lipinski definition) is 2. The number of nitrogens with zero attached hydrogens (tertiary/aromatic N) is 1. The summed E-state index contributed by atoms with van der Waals surface area (Å²) in [7, 11) is 1.26. The number of amides is 3. The van der Waals surface area contributed by atoms with Gasteiger partial charge < -0.3 is 20.3 Å². The maximum Gasteiger partial charge on any atom is 0.407 e. The Bertz CT molecular complexity index is 680. The molecule has 2 heterocycles. The molecule has 3 amide bonds. The van der Waals surface area contributed by atoms with Gasteiger partial charge in [-0.15, -0.1) is 0 Å². The molecule has 1 aromatic carbocycles. The lowest BCUT2D eigenvalue weighted by atomic mass is 9.73. The third kappa shape index (κ3) is 2.60. The summed E-state index contributed by atoms with van der Waals surface area (Å²) in [6.45, 7) is 2.59. The number of ether oxygens (including phenoxy) is 1. The minimum atomic E-state index is -0.656. The van der Waals surface area contributed by atoms with Gasteiger partial charge in [-0.25, -0.2) is 4.79 Å². The molecule has 0 bridgehead atoms. The van der Waals surface area contributed by atoms with Gasteiger partial charge in [-0.2, -0.15) is 0 Å². The number of para-hydroxylation sites is 1. The number of rotatable bonds is 2. The van der Waals surface area contributed by atoms with Crippen LogP contribution in [0, 0.1) is 0 Å². The van der Waals surface area contributed by atoms with Crippen molar-refractivity contribution in [2.24, 2.45) is 0 Å². The number of alkyl carbamates (subject to hydrolysis) is 1. The molecule has 1 fully saturated rings. The van der Waals surface area contributed by atoms with Crippen LogP contribution in [0.1, 0.15) is 25.3 Å². The fraction of sp³-hybridized carbons (Fsp3) is 0.471. The van der Waals surface area contributed by atoms with Gasteiger partial charge in [0.2, 0.25) is 11.8 Å². The van der Waals surface area contributed by atoms with E-state index in [-0.39, 0.29) is 11.8 Å². The minimum Gasteiger partial charge on any atom is -0.453 e. The van der Waals surface area contributed by atoms with Crippen molar-refractivity contribution in [2.45, 2.75) is 31.2 Å². The number of methoxy groups -OCH3 is 1. The summed E-state index contributed by atoms with van der Waals surface area (Å²) >= 11 is 0. The summed E-state index contributed by atoms with van der Waals surface area (Å²) in [6, 6.07) is 7.06. The van der Waals surface area contributed by atoms with Gasteiger partial charge in [0.05, 0.1) is 12.5 Å². The van der Waals surface area contributed by atoms with E-state index >= 15 is 0 Å². The zero-order valence-electron chi connectivity index (χ0n) is 13.8. The molecule has 24 heavy (non-hydrogen) atoms. The lowest BCUT2D eigenvalue weighted by Gasteiger charge is -2.38. The van der Waals surface area contributed by atoms with Gasteiger partial charge in [-0.1, -0.05) is 18.2 Å². The molecular weight excluding hydrogens is 310 g/mol. The summed E-state index contributed by atoms with van der Waals surface area (Å²) in [5.41, 5.74) is 1.33. The molecule has 0 aliphatic carbocycles. The molecule has 0 radical (unpaired) electrons. The Morgan fingerprint density at radius 1 is 1.29 bits per heavy atom. The summed E-state index contributed by atoms with van der Waals surface area (Å²) in [6.07, 6.45) is 0.521. The molecule has 7 heteroatoms. The number of fused-ring (bicyclic) bond motifs is 2. The van der Waals surface area contributed by atoms with Crippen LogP contribution in [0.25, 0.3) is 0 Å². The highest BCUT2D eigenvalue weighted by Gasteiger charge is 2.48. The monoisotopic (exact) mass is 331 g/mol. The number of benzene rings is 1. The van der Waals surface area contributed by atoms with Gasteiger partial charge in [0.1, 0.15) is 6.04 Å². The largest absolute Gasteiger partial charge is 0.453 e. The fourth-order valence-corrected chi connectivity index (χ4v) is 3.55. The van der Waals surface area contributed by atoms with E-state index in [1.807, 2.05) is 24.3 Å². The zero-order valence-corrected chi connectivity index (χ0v) is 13.8. The van der Waals surface area contributed by atoms with Crippen LogP contribution in [0.3, 0.4) is 0 Å². The predicted octanol–water partition coefficient (Wildman–Crippen LogP) is 1.24. The van der Waals surface area contributed by atoms with E-state index in [0.717, 1.165) is 11.3 Å². The molecule has 7 nitrogen and oxygen atoms in total. The van der Waals surface area contributed by atoms with Crippen LogP contribution in [-0.4, -0.2) is 49.0 Å². The van der Waals surface area contributed by atoms with Crippen LogP contribution in [0.4, 0.5) is 10.5 Å². The van der Waals surface area contributed by atoms with E-state index < -0.39 is 17.6 Å². The first-order valence-electron chi connectivity index (χ1n) is 8.02. The molecule has 128 valence electrons. The average molecular weight is 331 g/mol. The molecule has 1 spiro atoms. The van der Waals surface area contributed by atoms with E-state index in [1.54, 1.807) is 11.8 Å². The predicted molar refractivity (Wildman–Crippen MR) is 87.6 cm³/mol. The van der Waals surface area contributed by atoms with Crippen LogP contribution >= 0.6 is 0 Å². The maximum atomic E-state index is 12.5. The van der Waals surface area contributed by atoms with Crippen LogP contribution in [0.5, 0.6) is 0 Å². The first-order valence-corrected chi connectivity index (χ1v) is 8.02. The second-order valence-corrected chi connectivity index (χ2v) is 6.26. The lowest BCUT2D eigenvalue weighted by Crippen LogP contribution is -2.53. The molecule has 3 rings (SSSR count). The van der Waals surface area contributed by atoms with Crippen molar-refractivity contribution >= 4 is 23.6 Å². The smallest absolute Gasteiger partial charge is 0.407 e. The third-order valence-electron chi connectivity index (χ3n) is 4.94. The van der Waals surface area contributed by atoms with E-state index in [4.69, 9.17) is 0 Å². The number of hydrogen-bond acceptors (Lipinski definition) is 4. The third-order valence-corrected chi connectivity index (χ3v) is 4.94. The van der Waals surface area contributed by atoms with Gasteiger partial charge in [0.25, 0.3) is 0 Å². The van der Waals surface area contributed by atoms with Crippen LogP contribution in [-0.2, 0) is 19.7 Å². The average Bonchev–Trinajstić information content (AvgIpc) is 2.87. The van der Waals surface area contributed by atoms with E-state index in [2.05, 4.69) is 15.4 Å². The standard InChI is InChI=1S/C17H21N3O4/c1-11(18-16(23)24-2)14(21)20-9-7-17(8-10-20)12-5-3-4-6-13(12)19-15(17)22/h3-6,11H,7-10H2,1-2H3,(H,18,23)(H,19,22)/t11-/m0/s1.